The van der Waals surface area contributed by atoms with Gasteiger partial charge in [0.2, 0.25) is 5.96 Å². The number of nitrogens with two attached hydrogens (primary N) is 2. The van der Waals surface area contributed by atoms with Crippen LogP contribution in [0.25, 0.3) is 0 Å². The predicted molar refractivity (Wildman–Crippen MR) is 59.3 cm³/mol. The molecule has 1 rings (SSSR count). The molecular formula is C10H14N4. The van der Waals surface area contributed by atoms with Gasteiger partial charge in [-0.3, -0.25) is 4.99 Å². The third-order valence-corrected chi connectivity index (χ3v) is 1.62. The zero-order valence-electron chi connectivity index (χ0n) is 8.14. The minimum atomic E-state index is 0.217. The van der Waals surface area contributed by atoms with Crippen LogP contribution in [0.2, 0.25) is 0 Å². The van der Waals surface area contributed by atoms with Gasteiger partial charge in [0, 0.05) is 12.1 Å². The van der Waals surface area contributed by atoms with Gasteiger partial charge in [-0.15, -0.1) is 0 Å². The summed E-state index contributed by atoms with van der Waals surface area (Å²) in [6.07, 6.45) is 0. The highest BCUT2D eigenvalue weighted by molar-refractivity contribution is 6.04. The molecule has 0 aliphatic rings. The van der Waals surface area contributed by atoms with Gasteiger partial charge < -0.3 is 11.5 Å². The minimum Gasteiger partial charge on any atom is -0.383 e. The molecule has 0 fully saturated rings. The average Bonchev–Trinajstić information content (AvgIpc) is 2.19. The van der Waals surface area contributed by atoms with Crippen LogP contribution in [0, 0.1) is 0 Å². The van der Waals surface area contributed by atoms with Crippen molar-refractivity contribution in [3.05, 3.63) is 35.9 Å². The quantitative estimate of drug-likeness (QED) is 0.532. The lowest BCUT2D eigenvalue weighted by atomic mass is 10.2. The molecule has 14 heavy (non-hydrogen) atoms. The van der Waals surface area contributed by atoms with Gasteiger partial charge in [-0.05, 0) is 6.92 Å². The summed E-state index contributed by atoms with van der Waals surface area (Å²) in [5, 5.41) is 0. The highest BCUT2D eigenvalue weighted by Crippen LogP contribution is 1.97. The van der Waals surface area contributed by atoms with Crippen molar-refractivity contribution in [2.24, 2.45) is 21.5 Å². The van der Waals surface area contributed by atoms with Crippen LogP contribution in [0.1, 0.15) is 12.5 Å². The van der Waals surface area contributed by atoms with E-state index in [1.165, 1.54) is 0 Å². The fourth-order valence-corrected chi connectivity index (χ4v) is 0.994. The summed E-state index contributed by atoms with van der Waals surface area (Å²) >= 11 is 0. The van der Waals surface area contributed by atoms with E-state index in [1.807, 2.05) is 37.3 Å². The van der Waals surface area contributed by atoms with Crippen molar-refractivity contribution in [2.45, 2.75) is 6.92 Å². The number of nitrogens with zero attached hydrogens (tertiary/aromatic N) is 2. The van der Waals surface area contributed by atoms with Crippen LogP contribution in [0.5, 0.6) is 0 Å². The van der Waals surface area contributed by atoms with Crippen LogP contribution in [0.4, 0.5) is 0 Å². The zero-order valence-corrected chi connectivity index (χ0v) is 8.14. The van der Waals surface area contributed by atoms with E-state index >= 15 is 0 Å². The third-order valence-electron chi connectivity index (χ3n) is 1.62. The summed E-state index contributed by atoms with van der Waals surface area (Å²) in [5.74, 6) is 0.606. The van der Waals surface area contributed by atoms with E-state index in [4.69, 9.17) is 11.5 Å². The van der Waals surface area contributed by atoms with Gasteiger partial charge in [0.1, 0.15) is 5.84 Å². The molecule has 0 radical (unpaired) electrons. The SMILES string of the molecule is CCN=C(N)N=C(N)c1ccccc1. The fourth-order valence-electron chi connectivity index (χ4n) is 0.994. The van der Waals surface area contributed by atoms with Crippen molar-refractivity contribution in [2.75, 3.05) is 6.54 Å². The summed E-state index contributed by atoms with van der Waals surface area (Å²) in [6, 6.07) is 9.45. The van der Waals surface area contributed by atoms with Gasteiger partial charge in [0.15, 0.2) is 0 Å². The molecule has 0 atom stereocenters. The van der Waals surface area contributed by atoms with Crippen molar-refractivity contribution in [3.8, 4) is 0 Å². The van der Waals surface area contributed by atoms with Crippen LogP contribution >= 0.6 is 0 Å². The summed E-state index contributed by atoms with van der Waals surface area (Å²) in [7, 11) is 0. The van der Waals surface area contributed by atoms with E-state index in [1.54, 1.807) is 0 Å². The Bertz CT molecular complexity index is 340. The molecule has 0 aromatic heterocycles. The Balaban J connectivity index is 2.85. The fraction of sp³-hybridized carbons (Fsp3) is 0.200. The van der Waals surface area contributed by atoms with Crippen LogP contribution < -0.4 is 11.5 Å². The number of hydrogen-bond donors (Lipinski definition) is 2. The molecule has 0 amide bonds. The van der Waals surface area contributed by atoms with E-state index in [2.05, 4.69) is 9.98 Å². The Morgan fingerprint density at radius 3 is 2.43 bits per heavy atom. The lowest BCUT2D eigenvalue weighted by Gasteiger charge is -1.99. The molecule has 0 aliphatic carbocycles. The van der Waals surface area contributed by atoms with E-state index in [9.17, 15) is 0 Å². The minimum absolute atomic E-state index is 0.217. The molecule has 4 heteroatoms. The van der Waals surface area contributed by atoms with E-state index < -0.39 is 0 Å². The molecule has 4 N–H and O–H groups in total. The first-order valence-corrected chi connectivity index (χ1v) is 4.43. The standard InChI is InChI=1S/C10H14N4/c1-2-13-10(12)14-9(11)8-6-4-3-5-7-8/h3-7H,2H2,1H3,(H4,11,12,13,14). The highest BCUT2D eigenvalue weighted by Gasteiger charge is 1.96. The predicted octanol–water partition coefficient (Wildman–Crippen LogP) is 0.727. The lowest BCUT2D eigenvalue weighted by molar-refractivity contribution is 1.11. The van der Waals surface area contributed by atoms with E-state index in [0.717, 1.165) is 5.56 Å². The molecule has 0 spiro atoms. The summed E-state index contributed by atoms with van der Waals surface area (Å²) in [4.78, 5) is 7.88. The van der Waals surface area contributed by atoms with Crippen molar-refractivity contribution >= 4 is 11.8 Å². The lowest BCUT2D eigenvalue weighted by Crippen LogP contribution is -2.19. The summed E-state index contributed by atoms with van der Waals surface area (Å²) in [5.41, 5.74) is 12.1. The molecule has 0 aliphatic heterocycles. The molecule has 0 unspecified atom stereocenters. The molecule has 0 bridgehead atoms. The number of hydrogen-bond acceptors (Lipinski definition) is 1. The number of aliphatic imine (C=N–C) groups is 2. The third kappa shape index (κ3) is 2.90. The van der Waals surface area contributed by atoms with Crippen molar-refractivity contribution < 1.29 is 0 Å². The zero-order chi connectivity index (χ0) is 10.4. The maximum Gasteiger partial charge on any atom is 0.217 e. The first-order chi connectivity index (χ1) is 6.74. The maximum atomic E-state index is 5.72. The molecule has 0 saturated carbocycles. The Labute approximate surface area is 83.4 Å². The molecular weight excluding hydrogens is 176 g/mol. The number of amidine groups is 1. The van der Waals surface area contributed by atoms with Gasteiger partial charge in [-0.1, -0.05) is 30.3 Å². The Morgan fingerprint density at radius 1 is 1.21 bits per heavy atom. The molecule has 4 nitrogen and oxygen atoms in total. The first-order valence-electron chi connectivity index (χ1n) is 4.43. The largest absolute Gasteiger partial charge is 0.383 e. The molecule has 1 aromatic carbocycles. The molecule has 1 aromatic rings. The van der Waals surface area contributed by atoms with Gasteiger partial charge in [-0.2, -0.15) is 4.99 Å². The van der Waals surface area contributed by atoms with Crippen LogP contribution in [-0.4, -0.2) is 18.3 Å². The molecule has 0 saturated heterocycles. The number of benzene rings is 1. The van der Waals surface area contributed by atoms with Crippen LogP contribution in [-0.2, 0) is 0 Å². The second kappa shape index (κ2) is 5.01. The van der Waals surface area contributed by atoms with E-state index in [-0.39, 0.29) is 5.96 Å². The normalized spacial score (nSPS) is 12.9. The molecule has 74 valence electrons. The van der Waals surface area contributed by atoms with Crippen molar-refractivity contribution in [3.63, 3.8) is 0 Å². The number of guanidine groups is 1. The highest BCUT2D eigenvalue weighted by atomic mass is 15.1. The second-order valence-electron chi connectivity index (χ2n) is 2.70. The van der Waals surface area contributed by atoms with Gasteiger partial charge >= 0.3 is 0 Å². The Morgan fingerprint density at radius 2 is 1.86 bits per heavy atom. The van der Waals surface area contributed by atoms with Gasteiger partial charge in [0.25, 0.3) is 0 Å². The van der Waals surface area contributed by atoms with Crippen molar-refractivity contribution in [1.82, 2.24) is 0 Å². The maximum absolute atomic E-state index is 5.72. The average molecular weight is 190 g/mol. The smallest absolute Gasteiger partial charge is 0.217 e. The van der Waals surface area contributed by atoms with Crippen LogP contribution in [0.15, 0.2) is 40.3 Å². The van der Waals surface area contributed by atoms with E-state index in [0.29, 0.717) is 12.4 Å². The van der Waals surface area contributed by atoms with Gasteiger partial charge in [0.05, 0.1) is 0 Å². The second-order valence-corrected chi connectivity index (χ2v) is 2.70. The molecule has 0 heterocycles. The van der Waals surface area contributed by atoms with Crippen LogP contribution in [0.3, 0.4) is 0 Å². The monoisotopic (exact) mass is 190 g/mol. The topological polar surface area (TPSA) is 76.8 Å². The Hall–Kier alpha value is -1.84. The Kier molecular flexibility index (Phi) is 3.67. The number of rotatable bonds is 2. The van der Waals surface area contributed by atoms with Crippen molar-refractivity contribution in [1.29, 1.82) is 0 Å². The first kappa shape index (κ1) is 10.2. The summed E-state index contributed by atoms with van der Waals surface area (Å²) in [6.45, 7) is 2.50. The summed E-state index contributed by atoms with van der Waals surface area (Å²) < 4.78 is 0. The van der Waals surface area contributed by atoms with Gasteiger partial charge in [-0.25, -0.2) is 0 Å².